The normalized spacial score (nSPS) is 25.5. The Bertz CT molecular complexity index is 240. The molecular formula is C8H6N2O2. The largest absolute Gasteiger partial charge is 0.416 e. The van der Waals surface area contributed by atoms with E-state index in [4.69, 9.17) is 10.5 Å². The van der Waals surface area contributed by atoms with E-state index in [2.05, 4.69) is 9.47 Å². The first-order valence-corrected chi connectivity index (χ1v) is 3.33. The third kappa shape index (κ3) is 2.03. The molecule has 1 aliphatic rings. The zero-order chi connectivity index (χ0) is 8.81. The SMILES string of the molecule is N#COC1C=CC(OC#N)C=C1. The molecule has 0 N–H and O–H groups in total. The van der Waals surface area contributed by atoms with Crippen molar-refractivity contribution in [3.05, 3.63) is 24.3 Å². The van der Waals surface area contributed by atoms with Crippen LogP contribution >= 0.6 is 0 Å². The maximum atomic E-state index is 8.16. The zero-order valence-corrected chi connectivity index (χ0v) is 6.18. The van der Waals surface area contributed by atoms with Crippen molar-refractivity contribution in [2.24, 2.45) is 0 Å². The lowest BCUT2D eigenvalue weighted by atomic mass is 10.1. The Labute approximate surface area is 69.9 Å². The van der Waals surface area contributed by atoms with Crippen LogP contribution in [0.1, 0.15) is 0 Å². The molecule has 0 bridgehead atoms. The molecule has 0 heterocycles. The summed E-state index contributed by atoms with van der Waals surface area (Å²) in [7, 11) is 0. The molecule has 0 amide bonds. The average molecular weight is 162 g/mol. The molecule has 12 heavy (non-hydrogen) atoms. The Hall–Kier alpha value is -1.94. The van der Waals surface area contributed by atoms with Crippen molar-refractivity contribution in [2.45, 2.75) is 12.2 Å². The summed E-state index contributed by atoms with van der Waals surface area (Å²) in [5.74, 6) is 0. The second-order valence-corrected chi connectivity index (χ2v) is 2.12. The number of rotatable bonds is 2. The molecule has 0 saturated carbocycles. The van der Waals surface area contributed by atoms with E-state index in [1.165, 1.54) is 0 Å². The molecule has 0 aromatic rings. The highest BCUT2D eigenvalue weighted by atomic mass is 16.5. The number of hydrogen-bond acceptors (Lipinski definition) is 4. The lowest BCUT2D eigenvalue weighted by Crippen LogP contribution is -2.12. The van der Waals surface area contributed by atoms with Gasteiger partial charge in [-0.3, -0.25) is 0 Å². The van der Waals surface area contributed by atoms with E-state index < -0.39 is 0 Å². The summed E-state index contributed by atoms with van der Waals surface area (Å²) >= 11 is 0. The number of ether oxygens (including phenoxy) is 2. The van der Waals surface area contributed by atoms with Crippen molar-refractivity contribution < 1.29 is 9.47 Å². The minimum atomic E-state index is -0.325. The van der Waals surface area contributed by atoms with Gasteiger partial charge in [0, 0.05) is 0 Å². The van der Waals surface area contributed by atoms with Gasteiger partial charge >= 0.3 is 0 Å². The van der Waals surface area contributed by atoms with Gasteiger partial charge in [0.25, 0.3) is 12.5 Å². The van der Waals surface area contributed by atoms with Crippen LogP contribution in [0.4, 0.5) is 0 Å². The fourth-order valence-corrected chi connectivity index (χ4v) is 0.845. The van der Waals surface area contributed by atoms with Crippen LogP contribution in [-0.4, -0.2) is 12.2 Å². The van der Waals surface area contributed by atoms with Gasteiger partial charge in [-0.2, -0.15) is 10.5 Å². The molecule has 60 valence electrons. The lowest BCUT2D eigenvalue weighted by molar-refractivity contribution is 0.220. The van der Waals surface area contributed by atoms with Crippen LogP contribution in [0, 0.1) is 23.0 Å². The highest BCUT2D eigenvalue weighted by Crippen LogP contribution is 2.08. The Kier molecular flexibility index (Phi) is 2.75. The summed E-state index contributed by atoms with van der Waals surface area (Å²) in [6.45, 7) is 0. The lowest BCUT2D eigenvalue weighted by Gasteiger charge is -2.11. The molecule has 4 heteroatoms. The first-order chi connectivity index (χ1) is 5.86. The van der Waals surface area contributed by atoms with E-state index in [0.29, 0.717) is 0 Å². The summed E-state index contributed by atoms with van der Waals surface area (Å²) in [6.07, 6.45) is 9.13. The van der Waals surface area contributed by atoms with Crippen molar-refractivity contribution in [1.82, 2.24) is 0 Å². The summed E-state index contributed by atoms with van der Waals surface area (Å²) in [6, 6.07) is 0. The van der Waals surface area contributed by atoms with E-state index in [9.17, 15) is 0 Å². The van der Waals surface area contributed by atoms with Crippen molar-refractivity contribution >= 4 is 0 Å². The maximum absolute atomic E-state index is 8.16. The topological polar surface area (TPSA) is 66.0 Å². The van der Waals surface area contributed by atoms with Crippen LogP contribution in [0.25, 0.3) is 0 Å². The van der Waals surface area contributed by atoms with E-state index >= 15 is 0 Å². The highest BCUT2D eigenvalue weighted by molar-refractivity contribution is 5.17. The van der Waals surface area contributed by atoms with Crippen LogP contribution in [0.5, 0.6) is 0 Å². The highest BCUT2D eigenvalue weighted by Gasteiger charge is 2.09. The van der Waals surface area contributed by atoms with Gasteiger partial charge in [-0.25, -0.2) is 0 Å². The minimum Gasteiger partial charge on any atom is -0.416 e. The van der Waals surface area contributed by atoms with Crippen LogP contribution in [-0.2, 0) is 9.47 Å². The van der Waals surface area contributed by atoms with Crippen LogP contribution in [0.2, 0.25) is 0 Å². The fraction of sp³-hybridized carbons (Fsp3) is 0.250. The molecule has 0 aliphatic heterocycles. The van der Waals surface area contributed by atoms with Gasteiger partial charge in [-0.15, -0.1) is 0 Å². The Morgan fingerprint density at radius 3 is 1.42 bits per heavy atom. The first kappa shape index (κ1) is 8.16. The van der Waals surface area contributed by atoms with Crippen LogP contribution in [0.15, 0.2) is 24.3 Å². The number of nitriles is 2. The summed E-state index contributed by atoms with van der Waals surface area (Å²) < 4.78 is 9.21. The molecule has 0 spiro atoms. The van der Waals surface area contributed by atoms with Gasteiger partial charge in [0.1, 0.15) is 12.2 Å². The molecule has 1 aliphatic carbocycles. The van der Waals surface area contributed by atoms with Gasteiger partial charge in [-0.1, -0.05) is 0 Å². The van der Waals surface area contributed by atoms with Crippen molar-refractivity contribution in [1.29, 1.82) is 10.5 Å². The predicted octanol–water partition coefficient (Wildman–Crippen LogP) is 0.845. The molecule has 0 saturated heterocycles. The van der Waals surface area contributed by atoms with E-state index in [-0.39, 0.29) is 12.2 Å². The van der Waals surface area contributed by atoms with Gasteiger partial charge in [-0.05, 0) is 24.3 Å². The molecule has 0 aromatic carbocycles. The number of nitrogens with zero attached hydrogens (tertiary/aromatic N) is 2. The Morgan fingerprint density at radius 1 is 0.833 bits per heavy atom. The molecular weight excluding hydrogens is 156 g/mol. The van der Waals surface area contributed by atoms with Gasteiger partial charge in [0.05, 0.1) is 0 Å². The first-order valence-electron chi connectivity index (χ1n) is 3.33. The van der Waals surface area contributed by atoms with Crippen molar-refractivity contribution in [3.8, 4) is 12.5 Å². The van der Waals surface area contributed by atoms with Crippen LogP contribution in [0.3, 0.4) is 0 Å². The van der Waals surface area contributed by atoms with Crippen molar-refractivity contribution in [3.63, 3.8) is 0 Å². The third-order valence-electron chi connectivity index (χ3n) is 1.36. The van der Waals surface area contributed by atoms with E-state index in [0.717, 1.165) is 0 Å². The molecule has 0 unspecified atom stereocenters. The molecule has 0 atom stereocenters. The summed E-state index contributed by atoms with van der Waals surface area (Å²) in [5.41, 5.74) is 0. The summed E-state index contributed by atoms with van der Waals surface area (Å²) in [4.78, 5) is 0. The maximum Gasteiger partial charge on any atom is 0.287 e. The second-order valence-electron chi connectivity index (χ2n) is 2.12. The number of hydrogen-bond donors (Lipinski definition) is 0. The van der Waals surface area contributed by atoms with Crippen molar-refractivity contribution in [2.75, 3.05) is 0 Å². The third-order valence-corrected chi connectivity index (χ3v) is 1.36. The van der Waals surface area contributed by atoms with Crippen LogP contribution < -0.4 is 0 Å². The molecule has 4 nitrogen and oxygen atoms in total. The second kappa shape index (κ2) is 4.05. The predicted molar refractivity (Wildman–Crippen MR) is 39.3 cm³/mol. The zero-order valence-electron chi connectivity index (χ0n) is 6.18. The molecule has 0 aromatic heterocycles. The molecule has 0 fully saturated rings. The monoisotopic (exact) mass is 162 g/mol. The average Bonchev–Trinajstić information content (AvgIpc) is 2.09. The van der Waals surface area contributed by atoms with Gasteiger partial charge in [0.15, 0.2) is 0 Å². The summed E-state index contributed by atoms with van der Waals surface area (Å²) in [5, 5.41) is 16.3. The Morgan fingerprint density at radius 2 is 1.17 bits per heavy atom. The Balaban J connectivity index is 2.45. The molecule has 0 radical (unpaired) electrons. The van der Waals surface area contributed by atoms with E-state index in [1.54, 1.807) is 36.8 Å². The standard InChI is InChI=1S/C8H6N2O2/c9-5-11-7-1-2-8(4-3-7)12-6-10/h1-4,7-8H. The van der Waals surface area contributed by atoms with Gasteiger partial charge < -0.3 is 9.47 Å². The molecule has 1 rings (SSSR count). The quantitative estimate of drug-likeness (QED) is 0.445. The minimum absolute atomic E-state index is 0.325. The van der Waals surface area contributed by atoms with Gasteiger partial charge in [0.2, 0.25) is 0 Å². The smallest absolute Gasteiger partial charge is 0.287 e. The van der Waals surface area contributed by atoms with E-state index in [1.807, 2.05) is 0 Å². The fourth-order valence-electron chi connectivity index (χ4n) is 0.845.